The summed E-state index contributed by atoms with van der Waals surface area (Å²) in [5, 5.41) is 15.9. The Morgan fingerprint density at radius 3 is 2.92 bits per heavy atom. The van der Waals surface area contributed by atoms with Crippen molar-refractivity contribution in [2.45, 2.75) is 13.0 Å². The molecule has 24 heavy (non-hydrogen) atoms. The Labute approximate surface area is 142 Å². The van der Waals surface area contributed by atoms with Crippen LogP contribution in [0.25, 0.3) is 0 Å². The fourth-order valence-corrected chi connectivity index (χ4v) is 2.04. The lowest BCUT2D eigenvalue weighted by Gasteiger charge is -2.08. The van der Waals surface area contributed by atoms with Crippen LogP contribution in [0.2, 0.25) is 5.02 Å². The predicted octanol–water partition coefficient (Wildman–Crippen LogP) is 3.57. The first-order valence-corrected chi connectivity index (χ1v) is 7.53. The van der Waals surface area contributed by atoms with Crippen molar-refractivity contribution in [2.24, 2.45) is 0 Å². The molecule has 2 amide bonds. The first-order valence-electron chi connectivity index (χ1n) is 7.15. The maximum absolute atomic E-state index is 11.7. The predicted molar refractivity (Wildman–Crippen MR) is 88.1 cm³/mol. The number of anilines is 1. The summed E-state index contributed by atoms with van der Waals surface area (Å²) in [5.74, 6) is 0.741. The highest BCUT2D eigenvalue weighted by molar-refractivity contribution is 6.32. The van der Waals surface area contributed by atoms with Gasteiger partial charge in [0.25, 0.3) is 5.69 Å². The number of hydrogen-bond donors (Lipinski definition) is 2. The number of hydrogen-bond acceptors (Lipinski definition) is 5. The smallest absolute Gasteiger partial charge is 0.319 e. The third kappa shape index (κ3) is 5.56. The molecule has 0 radical (unpaired) electrons. The highest BCUT2D eigenvalue weighted by atomic mass is 35.5. The molecule has 1 aromatic carbocycles. The molecule has 0 atom stereocenters. The van der Waals surface area contributed by atoms with Crippen molar-refractivity contribution in [1.29, 1.82) is 0 Å². The van der Waals surface area contributed by atoms with Crippen molar-refractivity contribution in [3.63, 3.8) is 0 Å². The van der Waals surface area contributed by atoms with Crippen LogP contribution in [-0.4, -0.2) is 24.1 Å². The molecule has 2 N–H and O–H groups in total. The van der Waals surface area contributed by atoms with Crippen molar-refractivity contribution in [1.82, 2.24) is 5.32 Å². The summed E-state index contributed by atoms with van der Waals surface area (Å²) in [7, 11) is 0. The van der Waals surface area contributed by atoms with E-state index in [-0.39, 0.29) is 16.4 Å². The Bertz CT molecular complexity index is 690. The third-order valence-electron chi connectivity index (χ3n) is 2.98. The highest BCUT2D eigenvalue weighted by Crippen LogP contribution is 2.27. The molecule has 0 aliphatic heterocycles. The summed E-state index contributed by atoms with van der Waals surface area (Å²) in [4.78, 5) is 21.9. The van der Waals surface area contributed by atoms with E-state index in [1.54, 1.807) is 12.3 Å². The molecule has 0 unspecified atom stereocenters. The average Bonchev–Trinajstić information content (AvgIpc) is 3.05. The van der Waals surface area contributed by atoms with E-state index in [9.17, 15) is 14.9 Å². The van der Waals surface area contributed by atoms with Crippen LogP contribution in [-0.2, 0) is 11.3 Å². The van der Waals surface area contributed by atoms with Gasteiger partial charge in [-0.15, -0.1) is 0 Å². The first kappa shape index (κ1) is 17.8. The minimum atomic E-state index is -0.609. The van der Waals surface area contributed by atoms with Crippen molar-refractivity contribution in [3.05, 3.63) is 57.5 Å². The molecule has 0 bridgehead atoms. The summed E-state index contributed by atoms with van der Waals surface area (Å²) in [6.07, 6.45) is 2.20. The van der Waals surface area contributed by atoms with Crippen LogP contribution in [0, 0.1) is 10.1 Å². The molecule has 0 saturated heterocycles. The number of halogens is 1. The number of benzene rings is 1. The molecule has 8 nitrogen and oxygen atoms in total. The zero-order valence-corrected chi connectivity index (χ0v) is 13.4. The van der Waals surface area contributed by atoms with Crippen LogP contribution in [0.15, 0.2) is 41.0 Å². The van der Waals surface area contributed by atoms with Crippen molar-refractivity contribution < 1.29 is 18.9 Å². The SMILES string of the molecule is O=C(NCCCOCc1ccco1)Nc1ccc(Cl)c([N+](=O)[O-])c1. The van der Waals surface area contributed by atoms with Gasteiger partial charge in [-0.1, -0.05) is 11.6 Å². The molecule has 1 aromatic heterocycles. The molecule has 0 spiro atoms. The summed E-state index contributed by atoms with van der Waals surface area (Å²) in [6, 6.07) is 7.19. The van der Waals surface area contributed by atoms with Crippen molar-refractivity contribution >= 4 is 29.0 Å². The van der Waals surface area contributed by atoms with Gasteiger partial charge in [-0.25, -0.2) is 4.79 Å². The largest absolute Gasteiger partial charge is 0.467 e. The average molecular weight is 354 g/mol. The number of urea groups is 1. The highest BCUT2D eigenvalue weighted by Gasteiger charge is 2.13. The number of furan rings is 1. The van der Waals surface area contributed by atoms with Gasteiger partial charge in [-0.05, 0) is 30.7 Å². The quantitative estimate of drug-likeness (QED) is 0.428. The Balaban J connectivity index is 1.66. The third-order valence-corrected chi connectivity index (χ3v) is 3.30. The number of nitrogens with one attached hydrogen (secondary N) is 2. The van der Waals surface area contributed by atoms with Gasteiger partial charge in [0.15, 0.2) is 0 Å². The minimum absolute atomic E-state index is 0.0136. The number of rotatable bonds is 8. The second-order valence-electron chi connectivity index (χ2n) is 4.79. The molecule has 2 rings (SSSR count). The second-order valence-corrected chi connectivity index (χ2v) is 5.20. The van der Waals surface area contributed by atoms with Crippen LogP contribution in [0.5, 0.6) is 0 Å². The second kappa shape index (κ2) is 8.90. The lowest BCUT2D eigenvalue weighted by molar-refractivity contribution is -0.384. The van der Waals surface area contributed by atoms with E-state index >= 15 is 0 Å². The van der Waals surface area contributed by atoms with E-state index in [1.807, 2.05) is 6.07 Å². The van der Waals surface area contributed by atoms with Crippen molar-refractivity contribution in [3.8, 4) is 0 Å². The molecule has 1 heterocycles. The van der Waals surface area contributed by atoms with Crippen LogP contribution in [0.4, 0.5) is 16.2 Å². The molecule has 0 aliphatic carbocycles. The normalized spacial score (nSPS) is 10.4. The monoisotopic (exact) mass is 353 g/mol. The van der Waals surface area contributed by atoms with E-state index in [0.717, 1.165) is 5.76 Å². The zero-order valence-electron chi connectivity index (χ0n) is 12.7. The summed E-state index contributed by atoms with van der Waals surface area (Å²) in [6.45, 7) is 1.25. The summed E-state index contributed by atoms with van der Waals surface area (Å²) < 4.78 is 10.5. The van der Waals surface area contributed by atoms with Crippen LogP contribution >= 0.6 is 11.6 Å². The number of carbonyl (C=O) groups is 1. The maximum atomic E-state index is 11.7. The van der Waals surface area contributed by atoms with E-state index < -0.39 is 11.0 Å². The molecule has 0 aliphatic rings. The maximum Gasteiger partial charge on any atom is 0.319 e. The van der Waals surface area contributed by atoms with Crippen molar-refractivity contribution in [2.75, 3.05) is 18.5 Å². The number of carbonyl (C=O) groups excluding carboxylic acids is 1. The number of nitro groups is 1. The number of nitro benzene ring substituents is 1. The molecule has 0 saturated carbocycles. The summed E-state index contributed by atoms with van der Waals surface area (Å²) in [5.41, 5.74) is 0.0264. The molecule has 128 valence electrons. The van der Waals surface area contributed by atoms with Crippen LogP contribution in [0.1, 0.15) is 12.2 Å². The number of ether oxygens (including phenoxy) is 1. The minimum Gasteiger partial charge on any atom is -0.467 e. The van der Waals surface area contributed by atoms with Gasteiger partial charge in [0.05, 0.1) is 11.2 Å². The van der Waals surface area contributed by atoms with Gasteiger partial charge in [0, 0.05) is 24.9 Å². The van der Waals surface area contributed by atoms with E-state index in [0.29, 0.717) is 26.2 Å². The topological polar surface area (TPSA) is 107 Å². The van der Waals surface area contributed by atoms with Crippen LogP contribution < -0.4 is 10.6 Å². The Morgan fingerprint density at radius 1 is 1.38 bits per heavy atom. The first-order chi connectivity index (χ1) is 11.6. The lowest BCUT2D eigenvalue weighted by atomic mass is 10.3. The fraction of sp³-hybridized carbons (Fsp3) is 0.267. The van der Waals surface area contributed by atoms with Crippen LogP contribution in [0.3, 0.4) is 0 Å². The molecule has 0 fully saturated rings. The molecule has 2 aromatic rings. The van der Waals surface area contributed by atoms with E-state index in [4.69, 9.17) is 20.8 Å². The zero-order chi connectivity index (χ0) is 17.4. The lowest BCUT2D eigenvalue weighted by Crippen LogP contribution is -2.30. The molecule has 9 heteroatoms. The standard InChI is InChI=1S/C15H16ClN3O5/c16-13-5-4-11(9-14(13)19(21)22)18-15(20)17-6-2-7-23-10-12-3-1-8-24-12/h1,3-5,8-9H,2,6-7,10H2,(H2,17,18,20). The van der Waals surface area contributed by atoms with Gasteiger partial charge in [-0.3, -0.25) is 10.1 Å². The fourth-order valence-electron chi connectivity index (χ4n) is 1.85. The Kier molecular flexibility index (Phi) is 6.59. The number of amides is 2. The van der Waals surface area contributed by atoms with E-state index in [2.05, 4.69) is 10.6 Å². The van der Waals surface area contributed by atoms with Gasteiger partial charge in [0.1, 0.15) is 17.4 Å². The van der Waals surface area contributed by atoms with Gasteiger partial charge < -0.3 is 19.8 Å². The summed E-state index contributed by atoms with van der Waals surface area (Å²) >= 11 is 5.71. The van der Waals surface area contributed by atoms with Gasteiger partial charge >= 0.3 is 6.03 Å². The Hall–Kier alpha value is -2.58. The number of nitrogens with zero attached hydrogens (tertiary/aromatic N) is 1. The van der Waals surface area contributed by atoms with Gasteiger partial charge in [0.2, 0.25) is 0 Å². The van der Waals surface area contributed by atoms with Gasteiger partial charge in [-0.2, -0.15) is 0 Å². The van der Waals surface area contributed by atoms with E-state index in [1.165, 1.54) is 18.2 Å². The Morgan fingerprint density at radius 2 is 2.21 bits per heavy atom. The molecular formula is C15H16ClN3O5. The molecular weight excluding hydrogens is 338 g/mol.